The Bertz CT molecular complexity index is 4220. The van der Waals surface area contributed by atoms with Gasteiger partial charge < -0.3 is 5.11 Å². The first kappa shape index (κ1) is 19.9. The molecule has 330 valence electrons. The van der Waals surface area contributed by atoms with Crippen molar-refractivity contribution in [2.45, 2.75) is 111 Å². The van der Waals surface area contributed by atoms with E-state index >= 15 is 0 Å². The fourth-order valence-corrected chi connectivity index (χ4v) is 7.27. The van der Waals surface area contributed by atoms with Crippen molar-refractivity contribution in [3.05, 3.63) is 167 Å². The van der Waals surface area contributed by atoms with E-state index in [1.54, 1.807) is 42.5 Å². The molecule has 0 unspecified atom stereocenters. The van der Waals surface area contributed by atoms with Gasteiger partial charge in [0.1, 0.15) is 11.6 Å². The van der Waals surface area contributed by atoms with Gasteiger partial charge in [0.25, 0.3) is 0 Å². The maximum absolute atomic E-state index is 13.0. The zero-order valence-electron chi connectivity index (χ0n) is 68.5. The van der Waals surface area contributed by atoms with Crippen LogP contribution in [0.5, 0.6) is 5.75 Å². The van der Waals surface area contributed by atoms with Crippen LogP contribution >= 0.6 is 0 Å². The number of pyridine rings is 1. The number of para-hydroxylation sites is 1. The van der Waals surface area contributed by atoms with Crippen LogP contribution in [-0.4, -0.2) is 19.6 Å². The maximum Gasteiger partial charge on any atom is 0.148 e. The van der Waals surface area contributed by atoms with Gasteiger partial charge in [-0.05, 0) is 97.8 Å². The Morgan fingerprint density at radius 2 is 1.28 bits per heavy atom. The van der Waals surface area contributed by atoms with Crippen LogP contribution in [-0.2, 0) is 42.7 Å². The second-order valence-electron chi connectivity index (χ2n) is 16.3. The van der Waals surface area contributed by atoms with Crippen LogP contribution in [0.4, 0.5) is 0 Å². The molecule has 0 saturated heterocycles. The van der Waals surface area contributed by atoms with E-state index in [2.05, 4.69) is 11.1 Å². The largest absolute Gasteiger partial charge is 0.507 e. The van der Waals surface area contributed by atoms with Crippen molar-refractivity contribution in [2.24, 2.45) is 0 Å². The van der Waals surface area contributed by atoms with E-state index in [1.165, 1.54) is 54.7 Å². The first-order valence-corrected chi connectivity index (χ1v) is 19.5. The number of phenolic OH excluding ortho intramolecular Hbond substituents is 1. The Kier molecular flexibility index (Phi) is 5.31. The van der Waals surface area contributed by atoms with E-state index in [4.69, 9.17) is 51.6 Å². The third kappa shape index (κ3) is 9.18. The predicted octanol–water partition coefficient (Wildman–Crippen LogP) is 15.8. The van der Waals surface area contributed by atoms with Gasteiger partial charge in [-0.15, -0.1) is 29.3 Å². The molecule has 0 saturated carbocycles. The molecule has 0 aliphatic heterocycles. The molecule has 0 atom stereocenters. The van der Waals surface area contributed by atoms with Crippen LogP contribution in [0.25, 0.3) is 72.7 Å². The zero-order valence-corrected chi connectivity index (χ0v) is 36.8. The minimum atomic E-state index is -4.32. The zero-order chi connectivity index (χ0) is 73.7. The van der Waals surface area contributed by atoms with E-state index in [1.807, 2.05) is 20.8 Å². The number of imidazole rings is 1. The van der Waals surface area contributed by atoms with E-state index in [-0.39, 0.29) is 82.9 Å². The van der Waals surface area contributed by atoms with Crippen molar-refractivity contribution in [2.75, 3.05) is 0 Å². The third-order valence-electron chi connectivity index (χ3n) is 10.6. The summed E-state index contributed by atoms with van der Waals surface area (Å²) >= 11 is 0. The number of benzene rings is 6. The molecule has 5 heteroatoms. The third-order valence-corrected chi connectivity index (χ3v) is 10.6. The maximum atomic E-state index is 13.0. The Morgan fingerprint density at radius 3 is 1.97 bits per heavy atom. The Hall–Kier alpha value is -5.57. The molecular formula is C59H62N3OPt-. The average molecular weight is 1060 g/mol. The van der Waals surface area contributed by atoms with E-state index < -0.39 is 154 Å². The van der Waals surface area contributed by atoms with Gasteiger partial charge in [0.2, 0.25) is 0 Å². The topological polar surface area (TPSA) is 50.9 Å². The van der Waals surface area contributed by atoms with Gasteiger partial charge in [0.05, 0.1) is 22.1 Å². The van der Waals surface area contributed by atoms with Gasteiger partial charge >= 0.3 is 0 Å². The number of rotatable bonds is 6. The van der Waals surface area contributed by atoms with E-state index in [0.29, 0.717) is 17.2 Å². The van der Waals surface area contributed by atoms with Crippen LogP contribution in [0.2, 0.25) is 0 Å². The van der Waals surface area contributed by atoms with Crippen molar-refractivity contribution in [1.82, 2.24) is 14.5 Å². The van der Waals surface area contributed by atoms with Crippen molar-refractivity contribution < 1.29 is 72.8 Å². The predicted molar refractivity (Wildman–Crippen MR) is 266 cm³/mol. The SMILES string of the molecule is [2H]c1c([2H])c(C(C([2H])([2H])[2H])(C([2H])([2H])[2H])C([2H])([2H])[2H])c([2H])c([2H])c1-c1ccnc(-c2[c-]c(-c3cccc4c3nc(-c3cc(C(C([2H])([2H])[2H])(C([2H])([2H])[2H])C([2H])([2H])[2H])cc(C(C([2H])([2H])[2H])(C([2H])([2H])[2H])C([2H])([2H])[2H])c3O)n4-c3ccc(-c4ccccc4)c(C([2H])([2H])[2H])c3)cc(C(C)(C)C)c2)c1.[Pt]. The van der Waals surface area contributed by atoms with Crippen molar-refractivity contribution in [1.29, 1.82) is 0 Å². The second kappa shape index (κ2) is 17.1. The molecule has 2 aromatic heterocycles. The number of phenols is 1. The van der Waals surface area contributed by atoms with Gasteiger partial charge in [-0.25, -0.2) is 4.98 Å². The summed E-state index contributed by atoms with van der Waals surface area (Å²) in [6.45, 7) is -34.9. The molecule has 0 spiro atoms. The smallest absolute Gasteiger partial charge is 0.148 e. The standard InChI is InChI=1S/C59H62N3O.Pt/c1-37-30-46(26-27-47(37)39-18-15-14-16-19-39)62-52-21-17-20-48(53(52)61-55(62)49-35-45(58(8,9)10)36-50(54(49)63)59(11,12)13)41-31-42(33-44(32-41)57(5,6)7)51-34-40(28-29-60-51)38-22-24-43(25-23-38)56(2,3)4;/h14-30,32-36,63H,1-13H3;/q-1;/i1D3,2D3,3D3,4D3,8D3,9D3,10D3,11D3,12D3,13D3,22D,23D,24D,25D;. The summed E-state index contributed by atoms with van der Waals surface area (Å²) in [6.07, 6.45) is 1.19. The van der Waals surface area contributed by atoms with Gasteiger partial charge in [0.15, 0.2) is 0 Å². The first-order valence-electron chi connectivity index (χ1n) is 36.5. The summed E-state index contributed by atoms with van der Waals surface area (Å²) in [6, 6.07) is 21.6. The van der Waals surface area contributed by atoms with Crippen LogP contribution in [0.15, 0.2) is 133 Å². The molecule has 1 N–H and O–H groups in total. The van der Waals surface area contributed by atoms with Crippen LogP contribution < -0.4 is 0 Å². The molecule has 8 aromatic rings. The molecule has 8 rings (SSSR count). The number of nitrogens with zero attached hydrogens (tertiary/aromatic N) is 3. The van der Waals surface area contributed by atoms with E-state index in [9.17, 15) is 5.11 Å². The second-order valence-corrected chi connectivity index (χ2v) is 16.3. The molecule has 0 aliphatic rings. The van der Waals surface area contributed by atoms with Crippen molar-refractivity contribution in [3.8, 4) is 67.5 Å². The monoisotopic (exact) mass is 1060 g/mol. The number of aromatic hydroxyl groups is 1. The summed E-state index contributed by atoms with van der Waals surface area (Å²) < 4.78 is 295. The molecule has 6 aromatic carbocycles. The van der Waals surface area contributed by atoms with Crippen molar-refractivity contribution >= 4 is 11.0 Å². The fourth-order valence-electron chi connectivity index (χ4n) is 7.27. The molecule has 2 heterocycles. The fraction of sp³-hybridized carbons (Fsp3) is 0.288. The molecule has 0 amide bonds. The summed E-state index contributed by atoms with van der Waals surface area (Å²) in [4.78, 5) is 9.47. The average Bonchev–Trinajstić information content (AvgIpc) is 0.750. The molecule has 0 radical (unpaired) electrons. The van der Waals surface area contributed by atoms with Crippen LogP contribution in [0.1, 0.15) is 157 Å². The van der Waals surface area contributed by atoms with Gasteiger partial charge in [0, 0.05) is 85.3 Å². The quantitative estimate of drug-likeness (QED) is 0.169. The van der Waals surface area contributed by atoms with Gasteiger partial charge in [-0.1, -0.05) is 178 Å². The normalized spacial score (nSPS) is 22.2. The molecule has 0 aliphatic carbocycles. The Labute approximate surface area is 443 Å². The summed E-state index contributed by atoms with van der Waals surface area (Å²) in [5.41, 5.74) is -18.9. The first-order chi connectivity index (χ1) is 43.7. The number of fused-ring (bicyclic) bond motifs is 1. The number of aryl methyl sites for hydroxylation is 1. The number of hydrogen-bond donors (Lipinski definition) is 1. The molecular weight excluding hydrogens is 962 g/mol. The Morgan fingerprint density at radius 1 is 0.594 bits per heavy atom. The van der Waals surface area contributed by atoms with Gasteiger partial charge in [-0.3, -0.25) is 9.55 Å². The van der Waals surface area contributed by atoms with Crippen LogP contribution in [0.3, 0.4) is 0 Å². The molecule has 4 nitrogen and oxygen atoms in total. The molecule has 0 bridgehead atoms. The van der Waals surface area contributed by atoms with Crippen LogP contribution in [0, 0.1) is 12.9 Å². The van der Waals surface area contributed by atoms with Gasteiger partial charge in [-0.2, -0.15) is 0 Å². The molecule has 64 heavy (non-hydrogen) atoms. The number of hydrogen-bond acceptors (Lipinski definition) is 3. The summed E-state index contributed by atoms with van der Waals surface area (Å²) in [5.74, 6) is -2.34. The minimum absolute atomic E-state index is 0. The van der Waals surface area contributed by atoms with E-state index in [0.717, 1.165) is 4.57 Å². The molecule has 0 fully saturated rings. The van der Waals surface area contributed by atoms with Crippen molar-refractivity contribution in [3.63, 3.8) is 0 Å². The number of aromatic nitrogens is 3. The summed E-state index contributed by atoms with van der Waals surface area (Å²) in [7, 11) is 0. The Balaban J connectivity index is 0.0000135. The summed E-state index contributed by atoms with van der Waals surface area (Å²) in [5, 5.41) is 13.0. The minimum Gasteiger partial charge on any atom is -0.507 e.